The molecule has 2 fully saturated rings. The Kier molecular flexibility index (Phi) is 2.02. The van der Waals surface area contributed by atoms with E-state index < -0.39 is 11.9 Å². The molecular formula is C13H13NO3. The van der Waals surface area contributed by atoms with Crippen LogP contribution in [0.25, 0.3) is 0 Å². The molecule has 1 saturated heterocycles. The van der Waals surface area contributed by atoms with E-state index in [-0.39, 0.29) is 17.7 Å². The van der Waals surface area contributed by atoms with E-state index in [0.29, 0.717) is 6.54 Å². The molecule has 1 aliphatic carbocycles. The Balaban J connectivity index is 1.82. The number of hydrogen-bond acceptors (Lipinski definition) is 2. The highest BCUT2D eigenvalue weighted by Crippen LogP contribution is 2.53. The van der Waals surface area contributed by atoms with Crippen molar-refractivity contribution >= 4 is 17.6 Å². The Morgan fingerprint density at radius 1 is 1.47 bits per heavy atom. The number of carbonyl (C=O) groups excluding carboxylic acids is 1. The molecule has 4 nitrogen and oxygen atoms in total. The fourth-order valence-electron chi connectivity index (χ4n) is 2.78. The van der Waals surface area contributed by atoms with E-state index in [0.717, 1.165) is 11.3 Å². The number of carboxylic acids is 1. The first kappa shape index (κ1) is 10.3. The van der Waals surface area contributed by atoms with Gasteiger partial charge in [0.15, 0.2) is 0 Å². The summed E-state index contributed by atoms with van der Waals surface area (Å²) in [5, 5.41) is 8.91. The fraction of sp³-hybridized carbons (Fsp3) is 0.385. The number of hydrogen-bond donors (Lipinski definition) is 1. The lowest BCUT2D eigenvalue weighted by Crippen LogP contribution is -2.31. The minimum absolute atomic E-state index is 0.0144. The van der Waals surface area contributed by atoms with Crippen LogP contribution in [0.15, 0.2) is 24.3 Å². The van der Waals surface area contributed by atoms with Gasteiger partial charge in [-0.25, -0.2) is 0 Å². The summed E-state index contributed by atoms with van der Waals surface area (Å²) in [7, 11) is 0. The Hall–Kier alpha value is -1.84. The van der Waals surface area contributed by atoms with Gasteiger partial charge >= 0.3 is 5.97 Å². The number of anilines is 1. The number of nitrogens with zero attached hydrogens (tertiary/aromatic N) is 1. The van der Waals surface area contributed by atoms with E-state index in [9.17, 15) is 9.59 Å². The topological polar surface area (TPSA) is 57.6 Å². The van der Waals surface area contributed by atoms with Crippen molar-refractivity contribution in [2.75, 3.05) is 11.4 Å². The largest absolute Gasteiger partial charge is 0.481 e. The Morgan fingerprint density at radius 3 is 2.76 bits per heavy atom. The minimum atomic E-state index is -0.836. The van der Waals surface area contributed by atoms with Gasteiger partial charge in [-0.3, -0.25) is 9.59 Å². The fourth-order valence-corrected chi connectivity index (χ4v) is 2.78. The summed E-state index contributed by atoms with van der Waals surface area (Å²) in [6.07, 6.45) is 0. The van der Waals surface area contributed by atoms with E-state index in [2.05, 4.69) is 0 Å². The van der Waals surface area contributed by atoms with Crippen LogP contribution < -0.4 is 4.90 Å². The molecule has 1 N–H and O–H groups in total. The summed E-state index contributed by atoms with van der Waals surface area (Å²) < 4.78 is 0. The van der Waals surface area contributed by atoms with Gasteiger partial charge < -0.3 is 10.0 Å². The Labute approximate surface area is 98.9 Å². The Morgan fingerprint density at radius 2 is 2.24 bits per heavy atom. The van der Waals surface area contributed by atoms with Gasteiger partial charge in [0.1, 0.15) is 0 Å². The van der Waals surface area contributed by atoms with Crippen molar-refractivity contribution in [3.8, 4) is 0 Å². The molecule has 1 amide bonds. The number of aliphatic carboxylic acids is 1. The summed E-state index contributed by atoms with van der Waals surface area (Å²) in [4.78, 5) is 24.6. The zero-order valence-electron chi connectivity index (χ0n) is 9.46. The molecule has 0 bridgehead atoms. The quantitative estimate of drug-likeness (QED) is 0.834. The summed E-state index contributed by atoms with van der Waals surface area (Å²) in [5.41, 5.74) is 1.98. The predicted molar refractivity (Wildman–Crippen MR) is 61.6 cm³/mol. The van der Waals surface area contributed by atoms with E-state index >= 15 is 0 Å². The van der Waals surface area contributed by atoms with Gasteiger partial charge in [0, 0.05) is 18.2 Å². The van der Waals surface area contributed by atoms with Crippen molar-refractivity contribution in [2.24, 2.45) is 17.8 Å². The lowest BCUT2D eigenvalue weighted by atomic mass is 10.2. The first-order valence-corrected chi connectivity index (χ1v) is 5.70. The first-order chi connectivity index (χ1) is 8.09. The van der Waals surface area contributed by atoms with Gasteiger partial charge in [-0.15, -0.1) is 0 Å². The number of piperidine rings is 1. The number of carbonyl (C=O) groups is 2. The van der Waals surface area contributed by atoms with E-state index in [1.807, 2.05) is 31.2 Å². The zero-order valence-corrected chi connectivity index (χ0v) is 9.46. The monoisotopic (exact) mass is 231 g/mol. The van der Waals surface area contributed by atoms with Crippen LogP contribution in [-0.4, -0.2) is 23.5 Å². The molecule has 1 aliphatic heterocycles. The van der Waals surface area contributed by atoms with Crippen molar-refractivity contribution in [1.29, 1.82) is 0 Å². The molecule has 0 radical (unpaired) electrons. The normalized spacial score (nSPS) is 30.3. The maximum Gasteiger partial charge on any atom is 0.307 e. The van der Waals surface area contributed by atoms with Gasteiger partial charge in [-0.2, -0.15) is 0 Å². The second-order valence-electron chi connectivity index (χ2n) is 4.84. The molecule has 3 rings (SSSR count). The van der Waals surface area contributed by atoms with Gasteiger partial charge in [-0.1, -0.05) is 12.1 Å². The van der Waals surface area contributed by atoms with Crippen LogP contribution in [0, 0.1) is 24.7 Å². The van der Waals surface area contributed by atoms with Crippen LogP contribution in [0.5, 0.6) is 0 Å². The van der Waals surface area contributed by atoms with E-state index in [4.69, 9.17) is 5.11 Å². The molecule has 0 spiro atoms. The summed E-state index contributed by atoms with van der Waals surface area (Å²) in [6, 6.07) is 7.74. The maximum atomic E-state index is 12.0. The lowest BCUT2D eigenvalue weighted by Gasteiger charge is -2.19. The van der Waals surface area contributed by atoms with Crippen molar-refractivity contribution in [3.63, 3.8) is 0 Å². The molecular weight excluding hydrogens is 218 g/mol. The highest BCUT2D eigenvalue weighted by atomic mass is 16.4. The second-order valence-corrected chi connectivity index (χ2v) is 4.84. The van der Waals surface area contributed by atoms with Crippen LogP contribution in [0.3, 0.4) is 0 Å². The molecule has 1 aromatic carbocycles. The Bertz CT molecular complexity index is 511. The third kappa shape index (κ3) is 1.44. The average molecular weight is 231 g/mol. The van der Waals surface area contributed by atoms with Crippen LogP contribution in [-0.2, 0) is 9.59 Å². The number of carboxylic acid groups (broad SMARTS) is 1. The summed E-state index contributed by atoms with van der Waals surface area (Å²) in [5.74, 6) is -1.58. The van der Waals surface area contributed by atoms with Crippen molar-refractivity contribution in [3.05, 3.63) is 29.8 Å². The molecule has 0 aromatic heterocycles. The molecule has 1 heterocycles. The van der Waals surface area contributed by atoms with E-state index in [1.54, 1.807) is 4.90 Å². The van der Waals surface area contributed by atoms with Crippen molar-refractivity contribution < 1.29 is 14.7 Å². The van der Waals surface area contributed by atoms with Gasteiger partial charge in [-0.05, 0) is 24.6 Å². The molecule has 1 saturated carbocycles. The summed E-state index contributed by atoms with van der Waals surface area (Å²) in [6.45, 7) is 2.52. The van der Waals surface area contributed by atoms with Crippen LogP contribution in [0.1, 0.15) is 5.56 Å². The van der Waals surface area contributed by atoms with E-state index in [1.165, 1.54) is 0 Å². The van der Waals surface area contributed by atoms with Crippen LogP contribution >= 0.6 is 0 Å². The molecule has 88 valence electrons. The second kappa shape index (κ2) is 3.32. The third-order valence-corrected chi connectivity index (χ3v) is 3.71. The van der Waals surface area contributed by atoms with Gasteiger partial charge in [0.25, 0.3) is 0 Å². The molecule has 17 heavy (non-hydrogen) atoms. The number of benzene rings is 1. The van der Waals surface area contributed by atoms with Crippen LogP contribution in [0.4, 0.5) is 5.69 Å². The number of rotatable bonds is 2. The van der Waals surface area contributed by atoms with Crippen molar-refractivity contribution in [1.82, 2.24) is 0 Å². The minimum Gasteiger partial charge on any atom is -0.481 e. The lowest BCUT2D eigenvalue weighted by molar-refractivity contribution is -0.140. The number of fused-ring (bicyclic) bond motifs is 1. The van der Waals surface area contributed by atoms with Crippen molar-refractivity contribution in [2.45, 2.75) is 6.92 Å². The smallest absolute Gasteiger partial charge is 0.307 e. The molecule has 4 heteroatoms. The molecule has 3 unspecified atom stereocenters. The summed E-state index contributed by atoms with van der Waals surface area (Å²) >= 11 is 0. The molecule has 1 aromatic rings. The highest BCUT2D eigenvalue weighted by molar-refractivity contribution is 6.04. The molecule has 2 aliphatic rings. The van der Waals surface area contributed by atoms with Gasteiger partial charge in [0.05, 0.1) is 11.8 Å². The highest BCUT2D eigenvalue weighted by Gasteiger charge is 2.65. The number of amides is 1. The third-order valence-electron chi connectivity index (χ3n) is 3.71. The zero-order chi connectivity index (χ0) is 12.2. The predicted octanol–water partition coefficient (Wildman–Crippen LogP) is 1.29. The standard InChI is InChI=1S/C13H13NO3/c1-7-3-2-4-8(5-7)14-6-9-10(12(14)15)11(9)13(16)17/h2-5,9-11H,6H2,1H3,(H,16,17). The number of aryl methyl sites for hydroxylation is 1. The molecule has 3 atom stereocenters. The van der Waals surface area contributed by atoms with Crippen LogP contribution in [0.2, 0.25) is 0 Å². The SMILES string of the molecule is Cc1cccc(N2CC3C(C(=O)O)C3C2=O)c1. The first-order valence-electron chi connectivity index (χ1n) is 5.70. The average Bonchev–Trinajstić information content (AvgIpc) is 2.90. The maximum absolute atomic E-state index is 12.0. The van der Waals surface area contributed by atoms with Gasteiger partial charge in [0.2, 0.25) is 5.91 Å².